The molecule has 7 nitrogen and oxygen atoms in total. The van der Waals surface area contributed by atoms with E-state index >= 15 is 0 Å². The predicted molar refractivity (Wildman–Crippen MR) is 168 cm³/mol. The maximum Gasteiger partial charge on any atom is 0.321 e. The smallest absolute Gasteiger partial charge is 0.321 e. The molecule has 43 heavy (non-hydrogen) atoms. The molecule has 3 atom stereocenters. The number of carbonyl (C=O) groups is 2. The van der Waals surface area contributed by atoms with Crippen LogP contribution >= 0.6 is 0 Å². The van der Waals surface area contributed by atoms with Crippen LogP contribution in [-0.2, 0) is 19.7 Å². The summed E-state index contributed by atoms with van der Waals surface area (Å²) in [6.07, 6.45) is 10.1. The number of esters is 1. The minimum Gasteiger partial charge on any atom is -0.465 e. The molecule has 3 aromatic rings. The van der Waals surface area contributed by atoms with Gasteiger partial charge in [-0.05, 0) is 101 Å². The maximum atomic E-state index is 13.7. The van der Waals surface area contributed by atoms with Crippen molar-refractivity contribution in [3.63, 3.8) is 0 Å². The van der Waals surface area contributed by atoms with Crippen LogP contribution in [0.4, 0.5) is 0 Å². The van der Waals surface area contributed by atoms with E-state index in [2.05, 4.69) is 71.0 Å². The summed E-state index contributed by atoms with van der Waals surface area (Å²) in [7, 11) is 0. The first-order chi connectivity index (χ1) is 20.9. The van der Waals surface area contributed by atoms with E-state index in [9.17, 15) is 9.59 Å². The third-order valence-electron chi connectivity index (χ3n) is 11.5. The monoisotopic (exact) mass is 582 g/mol. The number of piperidine rings is 2. The molecule has 2 aromatic carbocycles. The summed E-state index contributed by atoms with van der Waals surface area (Å²) >= 11 is 0. The van der Waals surface area contributed by atoms with Crippen LogP contribution in [-0.4, -0.2) is 69.6 Å². The molecule has 1 amide bonds. The summed E-state index contributed by atoms with van der Waals surface area (Å²) in [5, 5.41) is 0. The third-order valence-corrected chi connectivity index (χ3v) is 11.5. The van der Waals surface area contributed by atoms with Crippen molar-refractivity contribution in [3.05, 3.63) is 66.0 Å². The Hall–Kier alpha value is -3.19. The quantitative estimate of drug-likeness (QED) is 0.234. The highest BCUT2D eigenvalue weighted by molar-refractivity contribution is 6.03. The van der Waals surface area contributed by atoms with Gasteiger partial charge in [0.1, 0.15) is 11.2 Å². The molecule has 7 heteroatoms. The van der Waals surface area contributed by atoms with Crippen molar-refractivity contribution in [1.29, 1.82) is 0 Å². The van der Waals surface area contributed by atoms with Crippen molar-refractivity contribution in [2.45, 2.75) is 102 Å². The van der Waals surface area contributed by atoms with E-state index in [0.29, 0.717) is 50.7 Å². The highest BCUT2D eigenvalue weighted by atomic mass is 16.5. The van der Waals surface area contributed by atoms with Gasteiger partial charge < -0.3 is 14.2 Å². The lowest BCUT2D eigenvalue weighted by Gasteiger charge is -2.48. The van der Waals surface area contributed by atoms with Gasteiger partial charge in [0, 0.05) is 31.2 Å². The second-order valence-electron chi connectivity index (χ2n) is 13.6. The molecule has 3 aliphatic heterocycles. The first-order valence-electron chi connectivity index (χ1n) is 16.7. The lowest BCUT2D eigenvalue weighted by Crippen LogP contribution is -2.56. The molecule has 1 saturated carbocycles. The number of ether oxygens (including phenoxy) is 1. The third kappa shape index (κ3) is 4.88. The molecule has 4 fully saturated rings. The minimum atomic E-state index is -0.939. The van der Waals surface area contributed by atoms with Crippen LogP contribution in [0.3, 0.4) is 0 Å². The highest BCUT2D eigenvalue weighted by Crippen LogP contribution is 2.47. The molecule has 2 bridgehead atoms. The van der Waals surface area contributed by atoms with Crippen LogP contribution in [0.5, 0.6) is 0 Å². The summed E-state index contributed by atoms with van der Waals surface area (Å²) in [4.78, 5) is 36.2. The molecular formula is C36H46N4O3. The molecule has 1 unspecified atom stereocenters. The van der Waals surface area contributed by atoms with Crippen molar-refractivity contribution in [1.82, 2.24) is 19.4 Å². The van der Waals surface area contributed by atoms with Crippen LogP contribution in [0.15, 0.2) is 54.6 Å². The number of amides is 1. The van der Waals surface area contributed by atoms with Gasteiger partial charge in [-0.25, -0.2) is 4.98 Å². The van der Waals surface area contributed by atoms with E-state index in [0.717, 1.165) is 43.6 Å². The normalized spacial score (nSPS) is 26.3. The molecular weight excluding hydrogens is 536 g/mol. The van der Waals surface area contributed by atoms with E-state index in [1.165, 1.54) is 36.8 Å². The molecule has 0 N–H and O–H groups in total. The number of rotatable bonds is 8. The van der Waals surface area contributed by atoms with Gasteiger partial charge >= 0.3 is 5.97 Å². The minimum absolute atomic E-state index is 0.00120. The van der Waals surface area contributed by atoms with E-state index in [-0.39, 0.29) is 17.3 Å². The Morgan fingerprint density at radius 3 is 2.23 bits per heavy atom. The average molecular weight is 583 g/mol. The zero-order valence-corrected chi connectivity index (χ0v) is 25.8. The Balaban J connectivity index is 1.05. The first kappa shape index (κ1) is 28.6. The van der Waals surface area contributed by atoms with Crippen molar-refractivity contribution in [2.75, 3.05) is 26.2 Å². The first-order valence-corrected chi connectivity index (χ1v) is 16.7. The number of nitrogens with zero attached hydrogens (tertiary/aromatic N) is 4. The van der Waals surface area contributed by atoms with E-state index in [1.54, 1.807) is 0 Å². The predicted octanol–water partition coefficient (Wildman–Crippen LogP) is 6.20. The van der Waals surface area contributed by atoms with Crippen molar-refractivity contribution >= 4 is 22.9 Å². The summed E-state index contributed by atoms with van der Waals surface area (Å²) < 4.78 is 7.88. The van der Waals surface area contributed by atoms with Crippen LogP contribution in [0.1, 0.15) is 88.6 Å². The van der Waals surface area contributed by atoms with Crippen molar-refractivity contribution < 1.29 is 14.3 Å². The van der Waals surface area contributed by atoms with Gasteiger partial charge in [-0.15, -0.1) is 0 Å². The largest absolute Gasteiger partial charge is 0.465 e. The van der Waals surface area contributed by atoms with Crippen molar-refractivity contribution in [3.8, 4) is 0 Å². The lowest BCUT2D eigenvalue weighted by molar-refractivity contribution is -0.172. The topological polar surface area (TPSA) is 67.7 Å². The SMILES string of the molecule is CCOC(=O)C1(C(=O)N2CCC(CCN3[C@@H]4CC[C@H]3CC(n3c(C)nc5ccccc53)C4)(c3ccccc3)CC2)CCC1. The standard InChI is InChI=1S/C36H46N4O3/c1-3-43-34(42)36(16-9-17-36)33(41)38-21-18-35(19-22-38,27-10-5-4-6-11-27)20-23-39-28-14-15-29(39)25-30(24-28)40-26(2)37-31-12-7-8-13-32(31)40/h4-8,10-13,28-30H,3,9,14-25H2,1-2H3/t28-,29+,30?. The molecule has 228 valence electrons. The second kappa shape index (κ2) is 11.4. The number of hydrogen-bond acceptors (Lipinski definition) is 5. The van der Waals surface area contributed by atoms with Crippen LogP contribution < -0.4 is 0 Å². The van der Waals surface area contributed by atoms with Gasteiger partial charge in [-0.2, -0.15) is 0 Å². The molecule has 1 aliphatic carbocycles. The van der Waals surface area contributed by atoms with Gasteiger partial charge in [0.15, 0.2) is 0 Å². The number of aromatic nitrogens is 2. The molecule has 0 radical (unpaired) electrons. The Morgan fingerprint density at radius 2 is 1.58 bits per heavy atom. The van der Waals surface area contributed by atoms with Crippen LogP contribution in [0, 0.1) is 12.3 Å². The summed E-state index contributed by atoms with van der Waals surface area (Å²) in [5.74, 6) is 0.820. The number of aryl methyl sites for hydroxylation is 1. The molecule has 4 aliphatic rings. The molecule has 4 heterocycles. The fourth-order valence-electron chi connectivity index (χ4n) is 9.01. The van der Waals surface area contributed by atoms with Crippen molar-refractivity contribution in [2.24, 2.45) is 5.41 Å². The lowest BCUT2D eigenvalue weighted by atomic mass is 9.66. The van der Waals surface area contributed by atoms with Gasteiger partial charge in [0.05, 0.1) is 17.6 Å². The Bertz CT molecular complexity index is 1460. The number of hydrogen-bond donors (Lipinski definition) is 0. The van der Waals surface area contributed by atoms with Gasteiger partial charge in [-0.1, -0.05) is 48.9 Å². The molecule has 1 aromatic heterocycles. The summed E-state index contributed by atoms with van der Waals surface area (Å²) in [6.45, 7) is 6.81. The van der Waals surface area contributed by atoms with Crippen LogP contribution in [0.25, 0.3) is 11.0 Å². The Morgan fingerprint density at radius 1 is 0.907 bits per heavy atom. The average Bonchev–Trinajstić information content (AvgIpc) is 3.46. The zero-order valence-electron chi connectivity index (χ0n) is 25.8. The fourth-order valence-corrected chi connectivity index (χ4v) is 9.01. The second-order valence-corrected chi connectivity index (χ2v) is 13.6. The maximum absolute atomic E-state index is 13.7. The Labute approximate surface area is 255 Å². The number of benzene rings is 2. The molecule has 3 saturated heterocycles. The molecule has 7 rings (SSSR count). The van der Waals surface area contributed by atoms with E-state index in [1.807, 2.05) is 11.8 Å². The number of fused-ring (bicyclic) bond motifs is 3. The molecule has 0 spiro atoms. The number of likely N-dealkylation sites (tertiary alicyclic amines) is 1. The van der Waals surface area contributed by atoms with E-state index in [4.69, 9.17) is 9.72 Å². The fraction of sp³-hybridized carbons (Fsp3) is 0.583. The summed E-state index contributed by atoms with van der Waals surface area (Å²) in [6, 6.07) is 21.3. The van der Waals surface area contributed by atoms with Gasteiger partial charge in [0.2, 0.25) is 5.91 Å². The number of imidazole rings is 1. The number of para-hydroxylation sites is 2. The summed E-state index contributed by atoms with van der Waals surface area (Å²) in [5.41, 5.74) is 2.88. The number of carbonyl (C=O) groups excluding carboxylic acids is 2. The van der Waals surface area contributed by atoms with Gasteiger partial charge in [-0.3, -0.25) is 14.5 Å². The van der Waals surface area contributed by atoms with Gasteiger partial charge in [0.25, 0.3) is 0 Å². The van der Waals surface area contributed by atoms with Crippen LogP contribution in [0.2, 0.25) is 0 Å². The Kier molecular flexibility index (Phi) is 7.57. The zero-order chi connectivity index (χ0) is 29.6. The highest BCUT2D eigenvalue weighted by Gasteiger charge is 2.55. The van der Waals surface area contributed by atoms with E-state index < -0.39 is 5.41 Å².